The molecule has 2 aliphatic carbocycles. The molecule has 48 heavy (non-hydrogen) atoms. The summed E-state index contributed by atoms with van der Waals surface area (Å²) in [5, 5.41) is 6.63. The molecule has 2 aliphatic rings. The molecule has 2 fully saturated rings. The molecule has 2 saturated carbocycles. The first kappa shape index (κ1) is 35.3. The summed E-state index contributed by atoms with van der Waals surface area (Å²) >= 11 is 1.54. The summed E-state index contributed by atoms with van der Waals surface area (Å²) in [7, 11) is 3.43. The van der Waals surface area contributed by atoms with Crippen molar-refractivity contribution in [2.75, 3.05) is 27.3 Å². The van der Waals surface area contributed by atoms with Crippen molar-refractivity contribution in [3.8, 4) is 22.2 Å². The number of methoxy groups -OCH3 is 1. The minimum absolute atomic E-state index is 0.0920. The van der Waals surface area contributed by atoms with Gasteiger partial charge in [0.05, 0.1) is 36.8 Å². The molecule has 0 unspecified atom stereocenters. The number of aryl methyl sites for hydroxylation is 1. The van der Waals surface area contributed by atoms with Crippen molar-refractivity contribution in [1.29, 1.82) is 0 Å². The number of allylic oxidation sites excluding steroid dienone is 1. The van der Waals surface area contributed by atoms with Crippen LogP contribution in [0.15, 0.2) is 36.2 Å². The van der Waals surface area contributed by atoms with Gasteiger partial charge in [0, 0.05) is 36.0 Å². The topological polar surface area (TPSA) is 120 Å². The number of amides is 2. The fraction of sp³-hybridized carbons (Fsp3) is 0.541. The smallest absolute Gasteiger partial charge is 0.331 e. The first-order chi connectivity index (χ1) is 23.0. The van der Waals surface area contributed by atoms with Crippen LogP contribution in [0.2, 0.25) is 0 Å². The Morgan fingerprint density at radius 1 is 1.15 bits per heavy atom. The van der Waals surface area contributed by atoms with Crippen LogP contribution in [-0.2, 0) is 19.1 Å². The largest absolute Gasteiger partial charge is 0.496 e. The number of hydrogen-bond donors (Lipinski definition) is 1. The van der Waals surface area contributed by atoms with Crippen molar-refractivity contribution in [3.63, 3.8) is 0 Å². The van der Waals surface area contributed by atoms with Crippen LogP contribution in [-0.4, -0.2) is 71.6 Å². The van der Waals surface area contributed by atoms with Gasteiger partial charge in [0.25, 0.3) is 0 Å². The minimum atomic E-state index is -1.01. The second kappa shape index (κ2) is 15.1. The zero-order valence-corrected chi connectivity index (χ0v) is 29.8. The number of nitrogens with zero attached hydrogens (tertiary/aromatic N) is 3. The number of carbonyl (C=O) groups is 3. The van der Waals surface area contributed by atoms with Crippen LogP contribution in [0.5, 0.6) is 11.5 Å². The first-order valence-electron chi connectivity index (χ1n) is 17.0. The van der Waals surface area contributed by atoms with Gasteiger partial charge in [-0.2, -0.15) is 0 Å². The van der Waals surface area contributed by atoms with Gasteiger partial charge in [-0.15, -0.1) is 17.9 Å². The zero-order valence-electron chi connectivity index (χ0n) is 29.0. The van der Waals surface area contributed by atoms with E-state index in [9.17, 15) is 14.4 Å². The standard InChI is InChI=1S/C37H48N4O6S/c1-8-10-11-12-17-41(6)35(43)27-19-24(18-26(27)33(42)40-37(15-16-37)36(44)46-9-2)47-31-20-28(34-39-29(21-48-34)22(3)4)38-32-23(5)30(45-7)14-13-25(31)32/h8,13-14,20-22,24,26-27H,1,9-12,15-19H2,2-7H3,(H,40,42)/t24-,26-,27-/m1/s1. The van der Waals surface area contributed by atoms with Crippen LogP contribution in [0.3, 0.4) is 0 Å². The second-order valence-corrected chi connectivity index (χ2v) is 14.1. The van der Waals surface area contributed by atoms with Gasteiger partial charge >= 0.3 is 5.97 Å². The Bertz CT molecular complexity index is 1660. The summed E-state index contributed by atoms with van der Waals surface area (Å²) in [6.07, 6.45) is 5.85. The second-order valence-electron chi connectivity index (χ2n) is 13.3. The van der Waals surface area contributed by atoms with Gasteiger partial charge in [0.15, 0.2) is 0 Å². The van der Waals surface area contributed by atoms with Gasteiger partial charge in [-0.3, -0.25) is 9.59 Å². The number of rotatable bonds is 15. The van der Waals surface area contributed by atoms with Crippen molar-refractivity contribution in [1.82, 2.24) is 20.2 Å². The molecule has 2 aromatic heterocycles. The molecule has 0 radical (unpaired) electrons. The third-order valence-electron chi connectivity index (χ3n) is 9.47. The maximum atomic E-state index is 13.9. The molecule has 258 valence electrons. The average Bonchev–Trinajstić information content (AvgIpc) is 3.47. The number of esters is 1. The molecule has 1 N–H and O–H groups in total. The lowest BCUT2D eigenvalue weighted by molar-refractivity contribution is -0.149. The number of thiazole rings is 1. The van der Waals surface area contributed by atoms with Gasteiger partial charge in [0.1, 0.15) is 33.8 Å². The molecule has 0 bridgehead atoms. The van der Waals surface area contributed by atoms with Crippen molar-refractivity contribution in [3.05, 3.63) is 47.5 Å². The molecule has 0 aliphatic heterocycles. The number of hydrogen-bond acceptors (Lipinski definition) is 9. The van der Waals surface area contributed by atoms with Gasteiger partial charge in [0.2, 0.25) is 11.8 Å². The minimum Gasteiger partial charge on any atom is -0.496 e. The molecule has 2 amide bonds. The summed E-state index contributed by atoms with van der Waals surface area (Å²) in [6.45, 7) is 12.5. The number of ether oxygens (including phenoxy) is 3. The fourth-order valence-electron chi connectivity index (χ4n) is 6.44. The highest BCUT2D eigenvalue weighted by atomic mass is 32.1. The number of carbonyl (C=O) groups excluding carboxylic acids is 3. The van der Waals surface area contributed by atoms with Crippen LogP contribution in [0.1, 0.15) is 82.9 Å². The monoisotopic (exact) mass is 676 g/mol. The normalized spacial score (nSPS) is 19.6. The maximum absolute atomic E-state index is 13.9. The highest BCUT2D eigenvalue weighted by molar-refractivity contribution is 7.13. The Morgan fingerprint density at radius 3 is 2.54 bits per heavy atom. The van der Waals surface area contributed by atoms with Crippen molar-refractivity contribution >= 4 is 40.0 Å². The van der Waals surface area contributed by atoms with Gasteiger partial charge in [-0.25, -0.2) is 14.8 Å². The quantitative estimate of drug-likeness (QED) is 0.109. The molecule has 1 aromatic carbocycles. The zero-order chi connectivity index (χ0) is 34.6. The van der Waals surface area contributed by atoms with E-state index in [1.807, 2.05) is 31.2 Å². The Morgan fingerprint density at radius 2 is 1.90 bits per heavy atom. The molecule has 11 heteroatoms. The maximum Gasteiger partial charge on any atom is 0.331 e. The van der Waals surface area contributed by atoms with Crippen LogP contribution in [0.4, 0.5) is 0 Å². The molecular weight excluding hydrogens is 628 g/mol. The van der Waals surface area contributed by atoms with Crippen molar-refractivity contribution in [2.45, 2.75) is 90.2 Å². The summed E-state index contributed by atoms with van der Waals surface area (Å²) in [5.74, 6) is -0.470. The Hall–Kier alpha value is -3.99. The predicted molar refractivity (Wildman–Crippen MR) is 187 cm³/mol. The van der Waals surface area contributed by atoms with Crippen LogP contribution in [0.25, 0.3) is 21.6 Å². The number of fused-ring (bicyclic) bond motifs is 1. The van der Waals surface area contributed by atoms with Gasteiger partial charge < -0.3 is 24.4 Å². The van der Waals surface area contributed by atoms with E-state index in [4.69, 9.17) is 24.2 Å². The van der Waals surface area contributed by atoms with E-state index in [1.165, 1.54) is 11.3 Å². The highest BCUT2D eigenvalue weighted by Crippen LogP contribution is 2.42. The summed E-state index contributed by atoms with van der Waals surface area (Å²) < 4.78 is 17.6. The van der Waals surface area contributed by atoms with Crippen LogP contribution in [0, 0.1) is 18.8 Å². The summed E-state index contributed by atoms with van der Waals surface area (Å²) in [5.41, 5.74) is 2.30. The number of benzene rings is 1. The number of aromatic nitrogens is 2. The highest BCUT2D eigenvalue weighted by Gasteiger charge is 2.55. The molecule has 5 rings (SSSR count). The third kappa shape index (κ3) is 7.51. The summed E-state index contributed by atoms with van der Waals surface area (Å²) in [6, 6.07) is 5.74. The first-order valence-corrected chi connectivity index (χ1v) is 17.9. The van der Waals surface area contributed by atoms with Gasteiger partial charge in [-0.05, 0) is 76.8 Å². The Balaban J connectivity index is 1.46. The SMILES string of the molecule is C=CCCCCN(C)C(=O)[C@@H]1C[C@H](Oc2cc(-c3nc(C(C)C)cs3)nc3c(C)c(OC)ccc23)C[C@H]1C(=O)NC1(C(=O)OCC)CC1. The average molecular weight is 677 g/mol. The molecule has 3 atom stereocenters. The van der Waals surface area contributed by atoms with Crippen LogP contribution >= 0.6 is 11.3 Å². The molecule has 2 heterocycles. The number of pyridine rings is 1. The Kier molecular flexibility index (Phi) is 11.1. The predicted octanol–water partition coefficient (Wildman–Crippen LogP) is 6.60. The van der Waals surface area contributed by atoms with E-state index in [-0.39, 0.29) is 24.3 Å². The fourth-order valence-corrected chi connectivity index (χ4v) is 7.38. The van der Waals surface area contributed by atoms with E-state index in [0.29, 0.717) is 43.7 Å². The van der Waals surface area contributed by atoms with E-state index >= 15 is 0 Å². The molecular formula is C37H48N4O6S. The van der Waals surface area contributed by atoms with Crippen molar-refractivity contribution in [2.24, 2.45) is 11.8 Å². The number of nitrogens with one attached hydrogen (secondary N) is 1. The number of unbranched alkanes of at least 4 members (excludes halogenated alkanes) is 2. The lowest BCUT2D eigenvalue weighted by Gasteiger charge is -2.26. The molecule has 3 aromatic rings. The molecule has 10 nitrogen and oxygen atoms in total. The van der Waals surface area contributed by atoms with Gasteiger partial charge in [-0.1, -0.05) is 19.9 Å². The van der Waals surface area contributed by atoms with E-state index in [1.54, 1.807) is 26.0 Å². The van der Waals surface area contributed by atoms with E-state index < -0.39 is 29.4 Å². The Labute approximate surface area is 287 Å². The van der Waals surface area contributed by atoms with E-state index in [0.717, 1.165) is 52.2 Å². The van der Waals surface area contributed by atoms with Crippen LogP contribution < -0.4 is 14.8 Å². The van der Waals surface area contributed by atoms with E-state index in [2.05, 4.69) is 31.1 Å². The third-order valence-corrected chi connectivity index (χ3v) is 10.4. The molecule has 0 saturated heterocycles. The molecule has 0 spiro atoms. The van der Waals surface area contributed by atoms with Crippen molar-refractivity contribution < 1.29 is 28.6 Å². The lowest BCUT2D eigenvalue weighted by atomic mass is 9.93. The summed E-state index contributed by atoms with van der Waals surface area (Å²) in [4.78, 5) is 52.1. The lowest BCUT2D eigenvalue weighted by Crippen LogP contribution is -2.48.